The predicted molar refractivity (Wildman–Crippen MR) is 73.4 cm³/mol. The molecular weight excluding hydrogens is 242 g/mol. The van der Waals surface area contributed by atoms with E-state index in [1.54, 1.807) is 17.0 Å². The third-order valence-corrected chi connectivity index (χ3v) is 3.04. The van der Waals surface area contributed by atoms with Crippen LogP contribution in [-0.2, 0) is 0 Å². The maximum absolute atomic E-state index is 12.4. The van der Waals surface area contributed by atoms with E-state index in [1.165, 1.54) is 0 Å². The molecule has 0 atom stereocenters. The lowest BCUT2D eigenvalue weighted by atomic mass is 10.2. The summed E-state index contributed by atoms with van der Waals surface area (Å²) >= 11 is 0. The molecule has 0 aliphatic heterocycles. The Morgan fingerprint density at radius 2 is 2.21 bits per heavy atom. The van der Waals surface area contributed by atoms with Crippen molar-refractivity contribution in [1.82, 2.24) is 4.90 Å². The van der Waals surface area contributed by atoms with E-state index >= 15 is 0 Å². The molecule has 0 heterocycles. The second-order valence-electron chi connectivity index (χ2n) is 5.15. The van der Waals surface area contributed by atoms with Gasteiger partial charge in [-0.1, -0.05) is 6.07 Å². The molecule has 0 unspecified atom stereocenters. The number of ether oxygens (including phenoxy) is 1. The number of benzene rings is 1. The molecule has 0 saturated heterocycles. The second-order valence-corrected chi connectivity index (χ2v) is 5.15. The van der Waals surface area contributed by atoms with Gasteiger partial charge in [-0.3, -0.25) is 4.79 Å². The van der Waals surface area contributed by atoms with Gasteiger partial charge in [0.25, 0.3) is 5.91 Å². The van der Waals surface area contributed by atoms with Crippen LogP contribution in [0.3, 0.4) is 0 Å². The lowest BCUT2D eigenvalue weighted by Gasteiger charge is -2.21. The molecule has 0 spiro atoms. The molecule has 1 N–H and O–H groups in total. The number of carbonyl (C=O) groups excluding carboxylic acids is 1. The molecule has 1 aromatic carbocycles. The van der Waals surface area contributed by atoms with E-state index in [0.717, 1.165) is 12.8 Å². The molecule has 1 aromatic rings. The lowest BCUT2D eigenvalue weighted by molar-refractivity contribution is 0.0707. The smallest absolute Gasteiger partial charge is 0.254 e. The third-order valence-electron chi connectivity index (χ3n) is 3.04. The Morgan fingerprint density at radius 3 is 2.79 bits per heavy atom. The van der Waals surface area contributed by atoms with Gasteiger partial charge in [0, 0.05) is 18.2 Å². The van der Waals surface area contributed by atoms with Crippen LogP contribution in [0, 0.1) is 0 Å². The van der Waals surface area contributed by atoms with Gasteiger partial charge in [-0.15, -0.1) is 0 Å². The normalized spacial score (nSPS) is 14.5. The monoisotopic (exact) mass is 263 g/mol. The Balaban J connectivity index is 2.12. The zero-order chi connectivity index (χ0) is 13.8. The summed E-state index contributed by atoms with van der Waals surface area (Å²) in [5, 5.41) is 9.06. The first-order chi connectivity index (χ1) is 9.11. The fourth-order valence-electron chi connectivity index (χ4n) is 2.08. The van der Waals surface area contributed by atoms with Gasteiger partial charge in [0.1, 0.15) is 5.75 Å². The van der Waals surface area contributed by atoms with E-state index < -0.39 is 0 Å². The van der Waals surface area contributed by atoms with Crippen LogP contribution >= 0.6 is 0 Å². The number of aliphatic hydroxyl groups excluding tert-OH is 1. The van der Waals surface area contributed by atoms with Gasteiger partial charge in [-0.05, 0) is 44.9 Å². The van der Waals surface area contributed by atoms with E-state index in [-0.39, 0.29) is 18.6 Å². The van der Waals surface area contributed by atoms with E-state index in [2.05, 4.69) is 0 Å². The van der Waals surface area contributed by atoms with Crippen molar-refractivity contribution in [2.24, 2.45) is 0 Å². The van der Waals surface area contributed by atoms with Crippen molar-refractivity contribution in [3.05, 3.63) is 29.8 Å². The molecule has 104 valence electrons. The zero-order valence-electron chi connectivity index (χ0n) is 11.5. The zero-order valence-corrected chi connectivity index (χ0v) is 11.5. The summed E-state index contributed by atoms with van der Waals surface area (Å²) in [6.07, 6.45) is 2.16. The summed E-state index contributed by atoms with van der Waals surface area (Å²) in [5.74, 6) is 0.686. The molecule has 1 fully saturated rings. The first kappa shape index (κ1) is 13.9. The molecule has 1 aliphatic carbocycles. The molecular formula is C15H21NO3. The van der Waals surface area contributed by atoms with Gasteiger partial charge >= 0.3 is 0 Å². The van der Waals surface area contributed by atoms with Crippen molar-refractivity contribution in [2.75, 3.05) is 13.2 Å². The van der Waals surface area contributed by atoms with Crippen LogP contribution in [0.15, 0.2) is 24.3 Å². The molecule has 4 heteroatoms. The third kappa shape index (κ3) is 3.70. The molecule has 0 radical (unpaired) electrons. The summed E-state index contributed by atoms with van der Waals surface area (Å²) in [7, 11) is 0. The second kappa shape index (κ2) is 6.06. The van der Waals surface area contributed by atoms with Crippen LogP contribution in [0.2, 0.25) is 0 Å². The Bertz CT molecular complexity index is 441. The largest absolute Gasteiger partial charge is 0.491 e. The van der Waals surface area contributed by atoms with Crippen molar-refractivity contribution >= 4 is 5.91 Å². The van der Waals surface area contributed by atoms with Crippen molar-refractivity contribution in [3.63, 3.8) is 0 Å². The Kier molecular flexibility index (Phi) is 4.43. The highest BCUT2D eigenvalue weighted by Crippen LogP contribution is 2.28. The molecule has 0 aromatic heterocycles. The molecule has 4 nitrogen and oxygen atoms in total. The van der Waals surface area contributed by atoms with Crippen molar-refractivity contribution < 1.29 is 14.6 Å². The van der Waals surface area contributed by atoms with Gasteiger partial charge in [0.05, 0.1) is 12.7 Å². The summed E-state index contributed by atoms with van der Waals surface area (Å²) in [5.41, 5.74) is 0.624. The molecule has 1 aliphatic rings. The number of aliphatic hydroxyl groups is 1. The highest BCUT2D eigenvalue weighted by molar-refractivity contribution is 5.95. The minimum atomic E-state index is -0.0224. The maximum atomic E-state index is 12.4. The molecule has 1 saturated carbocycles. The molecule has 1 amide bonds. The average molecular weight is 263 g/mol. The fraction of sp³-hybridized carbons (Fsp3) is 0.533. The summed E-state index contributed by atoms with van der Waals surface area (Å²) in [6, 6.07) is 7.55. The standard InChI is InChI=1S/C15H21NO3/c1-11(2)19-14-5-3-4-12(10-14)15(18)16(8-9-17)13-6-7-13/h3-5,10-11,13,17H,6-9H2,1-2H3. The van der Waals surface area contributed by atoms with Crippen molar-refractivity contribution in [2.45, 2.75) is 38.8 Å². The number of amides is 1. The number of nitrogens with zero attached hydrogens (tertiary/aromatic N) is 1. The van der Waals surface area contributed by atoms with Gasteiger partial charge in [0.2, 0.25) is 0 Å². The fourth-order valence-corrected chi connectivity index (χ4v) is 2.08. The van der Waals surface area contributed by atoms with Gasteiger partial charge < -0.3 is 14.7 Å². The van der Waals surface area contributed by atoms with Crippen LogP contribution in [0.4, 0.5) is 0 Å². The Labute approximate surface area is 114 Å². The van der Waals surface area contributed by atoms with Crippen molar-refractivity contribution in [3.8, 4) is 5.75 Å². The molecule has 0 bridgehead atoms. The summed E-state index contributed by atoms with van der Waals surface area (Å²) < 4.78 is 5.60. The van der Waals surface area contributed by atoms with Crippen LogP contribution < -0.4 is 4.74 Å². The highest BCUT2D eigenvalue weighted by atomic mass is 16.5. The van der Waals surface area contributed by atoms with Gasteiger partial charge in [-0.2, -0.15) is 0 Å². The van der Waals surface area contributed by atoms with E-state index in [4.69, 9.17) is 9.84 Å². The van der Waals surface area contributed by atoms with Gasteiger partial charge in [-0.25, -0.2) is 0 Å². The maximum Gasteiger partial charge on any atom is 0.254 e. The summed E-state index contributed by atoms with van der Waals surface area (Å²) in [6.45, 7) is 4.32. The van der Waals surface area contributed by atoms with Crippen LogP contribution in [-0.4, -0.2) is 41.2 Å². The Morgan fingerprint density at radius 1 is 1.47 bits per heavy atom. The highest BCUT2D eigenvalue weighted by Gasteiger charge is 2.32. The Hall–Kier alpha value is -1.55. The van der Waals surface area contributed by atoms with Crippen LogP contribution in [0.1, 0.15) is 37.0 Å². The van der Waals surface area contributed by atoms with Crippen molar-refractivity contribution in [1.29, 1.82) is 0 Å². The van der Waals surface area contributed by atoms with E-state index in [1.807, 2.05) is 26.0 Å². The summed E-state index contributed by atoms with van der Waals surface area (Å²) in [4.78, 5) is 14.2. The SMILES string of the molecule is CC(C)Oc1cccc(C(=O)N(CCO)C2CC2)c1. The van der Waals surface area contributed by atoms with Gasteiger partial charge in [0.15, 0.2) is 0 Å². The van der Waals surface area contributed by atoms with E-state index in [0.29, 0.717) is 23.9 Å². The first-order valence-corrected chi connectivity index (χ1v) is 6.80. The number of hydrogen-bond donors (Lipinski definition) is 1. The minimum absolute atomic E-state index is 0.00439. The minimum Gasteiger partial charge on any atom is -0.491 e. The number of hydrogen-bond acceptors (Lipinski definition) is 3. The lowest BCUT2D eigenvalue weighted by Crippen LogP contribution is -2.35. The number of carbonyl (C=O) groups is 1. The van der Waals surface area contributed by atoms with Crippen LogP contribution in [0.5, 0.6) is 5.75 Å². The average Bonchev–Trinajstić information content (AvgIpc) is 3.19. The topological polar surface area (TPSA) is 49.8 Å². The molecule has 19 heavy (non-hydrogen) atoms. The van der Waals surface area contributed by atoms with E-state index in [9.17, 15) is 4.79 Å². The quantitative estimate of drug-likeness (QED) is 0.854. The molecule has 2 rings (SSSR count). The van der Waals surface area contributed by atoms with Crippen LogP contribution in [0.25, 0.3) is 0 Å². The predicted octanol–water partition coefficient (Wildman–Crippen LogP) is 2.07. The number of rotatable bonds is 6. The first-order valence-electron chi connectivity index (χ1n) is 6.80.